The molecule has 4 aromatic carbocycles. The summed E-state index contributed by atoms with van der Waals surface area (Å²) in [5.41, 5.74) is 1.72. The first-order chi connectivity index (χ1) is 24.1. The number of hydrogen-bond donors (Lipinski definition) is 2. The lowest BCUT2D eigenvalue weighted by Gasteiger charge is -2.37. The number of methoxy groups -OCH3 is 2. The standard InChI is InChI=1S/C38H40N3O7PS/c1-26-24-41(37(43)39-36(26)42)35-23-33(48-49(4,50)40-30-13-9-6-10-14-30)34(47-35)25-46-38(27-11-7-5-8-12-27,28-15-19-31(44-2)20-16-28)29-17-21-32(45-3)22-18-29/h5-22,24,33-35H,23,25H2,1-4H3,(H,40,50)(H,39,42,43)/t33-,34+,35+,49+/m0/s1. The quantitative estimate of drug-likeness (QED) is 0.103. The van der Waals surface area contributed by atoms with Crippen molar-refractivity contribution < 1.29 is 23.5 Å². The third kappa shape index (κ3) is 7.62. The second-order valence-corrected chi connectivity index (χ2v) is 16.3. The molecule has 1 aromatic heterocycles. The molecule has 1 aliphatic heterocycles. The average Bonchev–Trinajstić information content (AvgIpc) is 3.52. The Morgan fingerprint density at radius 3 is 1.96 bits per heavy atom. The largest absolute Gasteiger partial charge is 0.497 e. The van der Waals surface area contributed by atoms with E-state index in [0.29, 0.717) is 23.5 Å². The van der Waals surface area contributed by atoms with Crippen molar-refractivity contribution in [1.29, 1.82) is 0 Å². The first-order valence-electron chi connectivity index (χ1n) is 16.2. The van der Waals surface area contributed by atoms with Gasteiger partial charge in [-0.1, -0.05) is 72.8 Å². The van der Waals surface area contributed by atoms with Gasteiger partial charge in [0.2, 0.25) is 0 Å². The van der Waals surface area contributed by atoms with E-state index in [-0.39, 0.29) is 6.61 Å². The van der Waals surface area contributed by atoms with Crippen molar-refractivity contribution in [2.75, 3.05) is 32.6 Å². The van der Waals surface area contributed by atoms with Crippen molar-refractivity contribution in [3.63, 3.8) is 0 Å². The van der Waals surface area contributed by atoms with E-state index >= 15 is 0 Å². The van der Waals surface area contributed by atoms with Crippen molar-refractivity contribution >= 4 is 23.9 Å². The highest BCUT2D eigenvalue weighted by molar-refractivity contribution is 8.12. The van der Waals surface area contributed by atoms with Crippen LogP contribution >= 0.6 is 6.42 Å². The molecule has 1 fully saturated rings. The van der Waals surface area contributed by atoms with Gasteiger partial charge in [-0.3, -0.25) is 14.3 Å². The van der Waals surface area contributed by atoms with Crippen molar-refractivity contribution in [2.45, 2.75) is 37.4 Å². The normalized spacial score (nSPS) is 18.7. The maximum Gasteiger partial charge on any atom is 0.330 e. The maximum absolute atomic E-state index is 13.0. The monoisotopic (exact) mass is 713 g/mol. The van der Waals surface area contributed by atoms with E-state index in [2.05, 4.69) is 10.1 Å². The summed E-state index contributed by atoms with van der Waals surface area (Å²) >= 11 is 6.01. The Kier molecular flexibility index (Phi) is 10.7. The van der Waals surface area contributed by atoms with Gasteiger partial charge in [-0.15, -0.1) is 0 Å². The SMILES string of the molecule is COc1ccc(C(OC[C@H]2O[C@@H](n3cc(C)c(=O)[nH]c3=O)C[C@@H]2O[P@](C)(=S)Nc2ccccc2)(c2ccccc2)c2ccc(OC)cc2)cc1. The van der Waals surface area contributed by atoms with Gasteiger partial charge in [0.05, 0.1) is 26.9 Å². The van der Waals surface area contributed by atoms with Crippen LogP contribution in [0.4, 0.5) is 5.69 Å². The summed E-state index contributed by atoms with van der Waals surface area (Å²) < 4.78 is 32.8. The molecule has 1 saturated heterocycles. The summed E-state index contributed by atoms with van der Waals surface area (Å²) in [6, 6.07) is 35.2. The van der Waals surface area contributed by atoms with Crippen molar-refractivity contribution in [1.82, 2.24) is 9.55 Å². The van der Waals surface area contributed by atoms with Gasteiger partial charge in [0.1, 0.15) is 29.4 Å². The molecule has 10 nitrogen and oxygen atoms in total. The molecular weight excluding hydrogens is 673 g/mol. The molecule has 5 aromatic rings. The molecule has 4 atom stereocenters. The third-order valence-electron chi connectivity index (χ3n) is 8.72. The number of nitrogens with one attached hydrogen (secondary N) is 2. The van der Waals surface area contributed by atoms with E-state index in [4.69, 9.17) is 35.3 Å². The summed E-state index contributed by atoms with van der Waals surface area (Å²) in [7, 11) is 3.26. The highest BCUT2D eigenvalue weighted by Gasteiger charge is 2.44. The van der Waals surface area contributed by atoms with E-state index in [1.807, 2.05) is 116 Å². The number of aryl methyl sites for hydroxylation is 1. The molecule has 0 spiro atoms. The molecule has 2 heterocycles. The fraction of sp³-hybridized carbons (Fsp3) is 0.263. The van der Waals surface area contributed by atoms with Crippen LogP contribution in [0.15, 0.2) is 125 Å². The van der Waals surface area contributed by atoms with Gasteiger partial charge in [0.15, 0.2) is 6.42 Å². The van der Waals surface area contributed by atoms with Crippen molar-refractivity contribution in [3.05, 3.63) is 158 Å². The van der Waals surface area contributed by atoms with Gasteiger partial charge in [0.25, 0.3) is 5.56 Å². The van der Waals surface area contributed by atoms with Crippen LogP contribution in [0.5, 0.6) is 11.5 Å². The number of ether oxygens (including phenoxy) is 4. The first-order valence-corrected chi connectivity index (χ1v) is 19.3. The number of anilines is 1. The molecule has 6 rings (SSSR count). The molecule has 12 heteroatoms. The molecule has 2 N–H and O–H groups in total. The van der Waals surface area contributed by atoms with E-state index in [0.717, 1.165) is 22.4 Å². The van der Waals surface area contributed by atoms with E-state index in [1.54, 1.807) is 21.1 Å². The van der Waals surface area contributed by atoms with Gasteiger partial charge >= 0.3 is 5.69 Å². The molecule has 0 amide bonds. The van der Waals surface area contributed by atoms with Gasteiger partial charge in [-0.05, 0) is 71.8 Å². The number of H-pyrrole nitrogens is 1. The fourth-order valence-electron chi connectivity index (χ4n) is 6.25. The minimum atomic E-state index is -2.63. The van der Waals surface area contributed by atoms with E-state index in [1.165, 1.54) is 10.8 Å². The highest BCUT2D eigenvalue weighted by Crippen LogP contribution is 2.49. The molecular formula is C38H40N3O7PS. The summed E-state index contributed by atoms with van der Waals surface area (Å²) in [6.45, 7) is 3.58. The Bertz CT molecular complexity index is 2010. The molecule has 260 valence electrons. The van der Waals surface area contributed by atoms with Gasteiger partial charge in [-0.2, -0.15) is 0 Å². The van der Waals surface area contributed by atoms with Crippen LogP contribution < -0.4 is 25.8 Å². The predicted octanol–water partition coefficient (Wildman–Crippen LogP) is 6.60. The van der Waals surface area contributed by atoms with Crippen LogP contribution in [-0.2, 0) is 31.4 Å². The summed E-state index contributed by atoms with van der Waals surface area (Å²) in [5, 5.41) is 3.39. The molecule has 0 aliphatic carbocycles. The lowest BCUT2D eigenvalue weighted by molar-refractivity contribution is -0.0908. The number of hydrogen-bond acceptors (Lipinski definition) is 8. The number of benzene rings is 4. The molecule has 0 saturated carbocycles. The summed E-state index contributed by atoms with van der Waals surface area (Å²) in [5.74, 6) is 1.42. The zero-order valence-corrected chi connectivity index (χ0v) is 30.0. The maximum atomic E-state index is 13.0. The van der Waals surface area contributed by atoms with E-state index in [9.17, 15) is 9.59 Å². The number of aromatic amines is 1. The Morgan fingerprint density at radius 2 is 1.40 bits per heavy atom. The van der Waals surface area contributed by atoms with Crippen LogP contribution in [0.3, 0.4) is 0 Å². The predicted molar refractivity (Wildman–Crippen MR) is 198 cm³/mol. The fourth-order valence-corrected chi connectivity index (χ4v) is 8.30. The average molecular weight is 714 g/mol. The highest BCUT2D eigenvalue weighted by atomic mass is 32.4. The summed E-state index contributed by atoms with van der Waals surface area (Å²) in [6.07, 6.45) is -2.78. The second kappa shape index (κ2) is 15.2. The Hall–Kier alpha value is -4.51. The lowest BCUT2D eigenvalue weighted by Crippen LogP contribution is -2.38. The Morgan fingerprint density at radius 1 is 0.860 bits per heavy atom. The number of nitrogens with zero attached hydrogens (tertiary/aromatic N) is 1. The first kappa shape index (κ1) is 35.3. The topological polar surface area (TPSA) is 113 Å². The number of para-hydroxylation sites is 1. The van der Waals surface area contributed by atoms with Crippen molar-refractivity contribution in [2.24, 2.45) is 0 Å². The zero-order valence-electron chi connectivity index (χ0n) is 28.3. The molecule has 0 radical (unpaired) electrons. The summed E-state index contributed by atoms with van der Waals surface area (Å²) in [4.78, 5) is 27.6. The van der Waals surface area contributed by atoms with Gasteiger partial charge in [-0.25, -0.2) is 4.79 Å². The van der Waals surface area contributed by atoms with E-state index < -0.39 is 41.7 Å². The lowest BCUT2D eigenvalue weighted by atomic mass is 9.80. The van der Waals surface area contributed by atoms with Crippen molar-refractivity contribution in [3.8, 4) is 11.5 Å². The minimum Gasteiger partial charge on any atom is -0.497 e. The smallest absolute Gasteiger partial charge is 0.330 e. The van der Waals surface area contributed by atoms with Crippen LogP contribution in [0.1, 0.15) is 34.9 Å². The minimum absolute atomic E-state index is 0.0614. The van der Waals surface area contributed by atoms with Crippen LogP contribution in [-0.4, -0.2) is 49.3 Å². The Labute approximate surface area is 296 Å². The van der Waals surface area contributed by atoms with Gasteiger partial charge < -0.3 is 28.6 Å². The molecule has 0 unspecified atom stereocenters. The van der Waals surface area contributed by atoms with Gasteiger partial charge in [0, 0.05) is 30.5 Å². The third-order valence-corrected chi connectivity index (χ3v) is 10.6. The van der Waals surface area contributed by atoms with Crippen LogP contribution in [0.25, 0.3) is 0 Å². The molecule has 0 bridgehead atoms. The number of rotatable bonds is 13. The zero-order chi connectivity index (χ0) is 35.3. The molecule has 50 heavy (non-hydrogen) atoms. The molecule has 1 aliphatic rings. The second-order valence-electron chi connectivity index (χ2n) is 12.1. The Balaban J connectivity index is 1.41. The van der Waals surface area contributed by atoms with Crippen LogP contribution in [0.2, 0.25) is 0 Å². The number of aromatic nitrogens is 2. The van der Waals surface area contributed by atoms with Crippen LogP contribution in [0, 0.1) is 6.92 Å².